The second-order valence-electron chi connectivity index (χ2n) is 4.63. The summed E-state index contributed by atoms with van der Waals surface area (Å²) in [5, 5.41) is 2.58. The van der Waals surface area contributed by atoms with E-state index in [1.165, 1.54) is 18.2 Å². The summed E-state index contributed by atoms with van der Waals surface area (Å²) in [5.41, 5.74) is -0.737. The first-order valence-electron chi connectivity index (χ1n) is 5.30. The third-order valence-electron chi connectivity index (χ3n) is 2.76. The maximum absolute atomic E-state index is 13.6. The van der Waals surface area contributed by atoms with Gasteiger partial charge in [0.2, 0.25) is 5.91 Å². The molecule has 0 unspecified atom stereocenters. The monoisotopic (exact) mass is 236 g/mol. The quantitative estimate of drug-likeness (QED) is 0.809. The van der Waals surface area contributed by atoms with E-state index in [0.717, 1.165) is 4.90 Å². The summed E-state index contributed by atoms with van der Waals surface area (Å²) >= 11 is 0. The van der Waals surface area contributed by atoms with Crippen LogP contribution in [0.3, 0.4) is 0 Å². The minimum Gasteiger partial charge on any atom is -0.336 e. The lowest BCUT2D eigenvalue weighted by Gasteiger charge is -2.36. The molecular formula is C12H13FN2O2. The summed E-state index contributed by atoms with van der Waals surface area (Å²) < 4.78 is 13.6. The Balaban J connectivity index is 2.46. The molecule has 1 aliphatic heterocycles. The van der Waals surface area contributed by atoms with Crippen LogP contribution in [0.5, 0.6) is 0 Å². The second-order valence-corrected chi connectivity index (χ2v) is 4.63. The molecule has 0 bridgehead atoms. The Morgan fingerprint density at radius 1 is 1.29 bits per heavy atom. The van der Waals surface area contributed by atoms with Crippen molar-refractivity contribution in [1.29, 1.82) is 0 Å². The van der Waals surface area contributed by atoms with E-state index in [4.69, 9.17) is 0 Å². The number of nitrogens with one attached hydrogen (secondary N) is 1. The summed E-state index contributed by atoms with van der Waals surface area (Å²) in [6.07, 6.45) is 0. The molecule has 0 spiro atoms. The van der Waals surface area contributed by atoms with Crippen LogP contribution in [0.25, 0.3) is 0 Å². The molecule has 2 rings (SSSR count). The lowest BCUT2D eigenvalue weighted by molar-refractivity contribution is -0.126. The molecule has 0 saturated carbocycles. The number of amides is 3. The van der Waals surface area contributed by atoms with E-state index in [1.54, 1.807) is 19.9 Å². The van der Waals surface area contributed by atoms with Gasteiger partial charge in [-0.05, 0) is 26.0 Å². The molecule has 17 heavy (non-hydrogen) atoms. The summed E-state index contributed by atoms with van der Waals surface area (Å²) in [7, 11) is 0. The van der Waals surface area contributed by atoms with Crippen molar-refractivity contribution in [2.75, 3.05) is 11.4 Å². The van der Waals surface area contributed by atoms with Gasteiger partial charge in [-0.15, -0.1) is 0 Å². The molecule has 1 fully saturated rings. The number of imide groups is 1. The number of hydrogen-bond acceptors (Lipinski definition) is 2. The van der Waals surface area contributed by atoms with Crippen LogP contribution in [0.15, 0.2) is 24.3 Å². The predicted molar refractivity (Wildman–Crippen MR) is 61.1 cm³/mol. The third kappa shape index (κ3) is 1.88. The lowest BCUT2D eigenvalue weighted by atomic mass is 9.89. The van der Waals surface area contributed by atoms with E-state index < -0.39 is 23.2 Å². The summed E-state index contributed by atoms with van der Waals surface area (Å²) in [6.45, 7) is 3.68. The molecule has 0 aliphatic carbocycles. The van der Waals surface area contributed by atoms with Gasteiger partial charge in [0, 0.05) is 6.54 Å². The van der Waals surface area contributed by atoms with Crippen LogP contribution in [0.1, 0.15) is 13.8 Å². The molecule has 4 nitrogen and oxygen atoms in total. The van der Waals surface area contributed by atoms with Gasteiger partial charge in [0.15, 0.2) is 0 Å². The number of halogens is 1. The standard InChI is InChI=1S/C12H13FN2O2/c1-12(2)7-14-11(17)15(10(12)16)9-6-4-3-5-8(9)13/h3-6H,7H2,1-2H3,(H,14,17). The largest absolute Gasteiger partial charge is 0.336 e. The number of hydrogen-bond donors (Lipinski definition) is 1. The van der Waals surface area contributed by atoms with Crippen LogP contribution < -0.4 is 10.2 Å². The topological polar surface area (TPSA) is 49.4 Å². The van der Waals surface area contributed by atoms with Crippen molar-refractivity contribution < 1.29 is 14.0 Å². The number of carbonyl (C=O) groups is 2. The van der Waals surface area contributed by atoms with Crippen LogP contribution >= 0.6 is 0 Å². The average Bonchev–Trinajstić information content (AvgIpc) is 2.27. The van der Waals surface area contributed by atoms with E-state index in [2.05, 4.69) is 5.32 Å². The Morgan fingerprint density at radius 2 is 1.94 bits per heavy atom. The molecule has 0 radical (unpaired) electrons. The van der Waals surface area contributed by atoms with E-state index in [-0.39, 0.29) is 12.2 Å². The first kappa shape index (κ1) is 11.6. The SMILES string of the molecule is CC1(C)CNC(=O)N(c2ccccc2F)C1=O. The highest BCUT2D eigenvalue weighted by atomic mass is 19.1. The number of carbonyl (C=O) groups excluding carboxylic acids is 2. The van der Waals surface area contributed by atoms with Gasteiger partial charge in [-0.1, -0.05) is 12.1 Å². The van der Waals surface area contributed by atoms with Gasteiger partial charge >= 0.3 is 6.03 Å². The Hall–Kier alpha value is -1.91. The maximum atomic E-state index is 13.6. The highest BCUT2D eigenvalue weighted by Crippen LogP contribution is 2.28. The van der Waals surface area contributed by atoms with E-state index in [9.17, 15) is 14.0 Å². The minimum absolute atomic E-state index is 0.0113. The average molecular weight is 236 g/mol. The zero-order chi connectivity index (χ0) is 12.6. The molecule has 1 saturated heterocycles. The fourth-order valence-corrected chi connectivity index (χ4v) is 1.70. The van der Waals surface area contributed by atoms with Crippen molar-refractivity contribution in [2.24, 2.45) is 5.41 Å². The number of anilines is 1. The van der Waals surface area contributed by atoms with Crippen LogP contribution in [0, 0.1) is 11.2 Å². The lowest BCUT2D eigenvalue weighted by Crippen LogP contribution is -2.59. The molecule has 0 aromatic heterocycles. The van der Waals surface area contributed by atoms with Crippen LogP contribution in [-0.2, 0) is 4.79 Å². The Morgan fingerprint density at radius 3 is 2.59 bits per heavy atom. The maximum Gasteiger partial charge on any atom is 0.328 e. The van der Waals surface area contributed by atoms with E-state index in [1.807, 2.05) is 0 Å². The highest BCUT2D eigenvalue weighted by Gasteiger charge is 2.41. The van der Waals surface area contributed by atoms with Crippen LogP contribution in [0.4, 0.5) is 14.9 Å². The smallest absolute Gasteiger partial charge is 0.328 e. The number of urea groups is 1. The van der Waals surface area contributed by atoms with Crippen molar-refractivity contribution in [3.8, 4) is 0 Å². The van der Waals surface area contributed by atoms with Gasteiger partial charge in [-0.25, -0.2) is 14.1 Å². The van der Waals surface area contributed by atoms with Gasteiger partial charge < -0.3 is 5.32 Å². The molecule has 0 atom stereocenters. The fraction of sp³-hybridized carbons (Fsp3) is 0.333. The molecule has 1 N–H and O–H groups in total. The van der Waals surface area contributed by atoms with Crippen molar-refractivity contribution in [2.45, 2.75) is 13.8 Å². The molecule has 5 heteroatoms. The summed E-state index contributed by atoms with van der Waals surface area (Å²) in [6, 6.07) is 5.14. The zero-order valence-electron chi connectivity index (χ0n) is 9.66. The molecule has 3 amide bonds. The number of benzene rings is 1. The predicted octanol–water partition coefficient (Wildman–Crippen LogP) is 1.91. The Kier molecular flexibility index (Phi) is 2.61. The highest BCUT2D eigenvalue weighted by molar-refractivity contribution is 6.17. The fourth-order valence-electron chi connectivity index (χ4n) is 1.70. The van der Waals surface area contributed by atoms with Crippen molar-refractivity contribution in [3.05, 3.63) is 30.1 Å². The number of para-hydroxylation sites is 1. The normalized spacial score (nSPS) is 19.1. The summed E-state index contributed by atoms with van der Waals surface area (Å²) in [4.78, 5) is 24.6. The first-order valence-corrected chi connectivity index (χ1v) is 5.30. The third-order valence-corrected chi connectivity index (χ3v) is 2.76. The van der Waals surface area contributed by atoms with Gasteiger partial charge in [-0.3, -0.25) is 4.79 Å². The zero-order valence-corrected chi connectivity index (χ0v) is 9.66. The van der Waals surface area contributed by atoms with Gasteiger partial charge in [0.1, 0.15) is 5.82 Å². The number of nitrogens with zero attached hydrogens (tertiary/aromatic N) is 1. The van der Waals surface area contributed by atoms with Crippen LogP contribution in [-0.4, -0.2) is 18.5 Å². The Bertz CT molecular complexity index is 485. The first-order chi connectivity index (χ1) is 7.93. The Labute approximate surface area is 98.4 Å². The van der Waals surface area contributed by atoms with Crippen molar-refractivity contribution >= 4 is 17.6 Å². The number of rotatable bonds is 1. The van der Waals surface area contributed by atoms with E-state index in [0.29, 0.717) is 0 Å². The van der Waals surface area contributed by atoms with Gasteiger partial charge in [0.25, 0.3) is 0 Å². The van der Waals surface area contributed by atoms with Crippen molar-refractivity contribution in [3.63, 3.8) is 0 Å². The molecular weight excluding hydrogens is 223 g/mol. The second kappa shape index (κ2) is 3.84. The molecule has 1 heterocycles. The minimum atomic E-state index is -0.726. The molecule has 1 aliphatic rings. The van der Waals surface area contributed by atoms with Crippen LogP contribution in [0.2, 0.25) is 0 Å². The van der Waals surface area contributed by atoms with E-state index >= 15 is 0 Å². The van der Waals surface area contributed by atoms with Gasteiger partial charge in [0.05, 0.1) is 11.1 Å². The molecule has 90 valence electrons. The van der Waals surface area contributed by atoms with Gasteiger partial charge in [-0.2, -0.15) is 0 Å². The summed E-state index contributed by atoms with van der Waals surface area (Å²) in [5.74, 6) is -0.986. The van der Waals surface area contributed by atoms with Crippen molar-refractivity contribution in [1.82, 2.24) is 5.32 Å². The molecule has 1 aromatic carbocycles. The molecule has 1 aromatic rings.